The van der Waals surface area contributed by atoms with Crippen LogP contribution in [0.3, 0.4) is 0 Å². The summed E-state index contributed by atoms with van der Waals surface area (Å²) in [5, 5.41) is 11.4. The highest BCUT2D eigenvalue weighted by Crippen LogP contribution is 2.54. The molecule has 6 aliphatic rings. The second-order valence-electron chi connectivity index (χ2n) is 12.5. The number of anilines is 6. The molecule has 0 unspecified atom stereocenters. The van der Waals surface area contributed by atoms with Crippen LogP contribution in [0.1, 0.15) is 33.4 Å². The largest absolute Gasteiger partial charge is 0.506 e. The Labute approximate surface area is 245 Å². The molecule has 8 nitrogen and oxygen atoms in total. The van der Waals surface area contributed by atoms with E-state index in [1.807, 2.05) is 6.07 Å². The zero-order chi connectivity index (χ0) is 27.7. The van der Waals surface area contributed by atoms with Gasteiger partial charge in [-0.15, -0.1) is 0 Å². The van der Waals surface area contributed by atoms with Crippen LogP contribution >= 0.6 is 0 Å². The number of hydrogen-bond donors (Lipinski definition) is 1. The fourth-order valence-electron chi connectivity index (χ4n) is 8.65. The summed E-state index contributed by atoms with van der Waals surface area (Å²) in [5.41, 5.74) is 15.4. The van der Waals surface area contributed by atoms with Gasteiger partial charge in [-0.2, -0.15) is 0 Å². The molecule has 10 rings (SSSR count). The first-order valence-electron chi connectivity index (χ1n) is 14.9. The first-order chi connectivity index (χ1) is 20.6. The lowest BCUT2D eigenvalue weighted by atomic mass is 9.90. The normalized spacial score (nSPS) is 18.5. The minimum Gasteiger partial charge on any atom is -0.506 e. The molecule has 0 saturated heterocycles. The summed E-state index contributed by atoms with van der Waals surface area (Å²) in [6.07, 6.45) is 0. The molecule has 0 amide bonds. The first-order valence-corrected chi connectivity index (χ1v) is 14.9. The predicted octanol–water partition coefficient (Wildman–Crippen LogP) is 5.29. The number of phenolic OH excluding ortho intramolecular Hbond substituents is 1. The van der Waals surface area contributed by atoms with E-state index in [2.05, 4.69) is 84.0 Å². The second kappa shape index (κ2) is 7.97. The SMILES string of the molecule is COc1cc2c(c3c1N1Cc4cc(O)c5c(c4N(C3)C1)CN1CN5Cc3ccccc31)N1Cc3ccccc3N(C2)C1. The Balaban J connectivity index is 1.11. The maximum atomic E-state index is 11.4. The van der Waals surface area contributed by atoms with E-state index in [9.17, 15) is 5.11 Å². The van der Waals surface area contributed by atoms with Crippen molar-refractivity contribution in [1.29, 1.82) is 0 Å². The quantitative estimate of drug-likeness (QED) is 0.339. The number of rotatable bonds is 1. The molecule has 6 bridgehead atoms. The van der Waals surface area contributed by atoms with E-state index in [0.29, 0.717) is 5.75 Å². The summed E-state index contributed by atoms with van der Waals surface area (Å²) in [6.45, 7) is 7.53. The van der Waals surface area contributed by atoms with Gasteiger partial charge in [-0.1, -0.05) is 36.4 Å². The van der Waals surface area contributed by atoms with Gasteiger partial charge in [-0.25, -0.2) is 0 Å². The summed E-state index contributed by atoms with van der Waals surface area (Å²) < 4.78 is 6.09. The van der Waals surface area contributed by atoms with E-state index in [1.165, 1.54) is 61.8 Å². The number of ether oxygens (including phenoxy) is 1. The highest BCUT2D eigenvalue weighted by molar-refractivity contribution is 5.87. The average molecular weight is 557 g/mol. The Morgan fingerprint density at radius 2 is 1.00 bits per heavy atom. The summed E-state index contributed by atoms with van der Waals surface area (Å²) in [7, 11) is 1.80. The van der Waals surface area contributed by atoms with E-state index >= 15 is 0 Å². The fourth-order valence-corrected chi connectivity index (χ4v) is 8.65. The predicted molar refractivity (Wildman–Crippen MR) is 166 cm³/mol. The Morgan fingerprint density at radius 1 is 0.524 bits per heavy atom. The molecule has 0 aliphatic carbocycles. The second-order valence-corrected chi connectivity index (χ2v) is 12.5. The van der Waals surface area contributed by atoms with Gasteiger partial charge in [0.25, 0.3) is 0 Å². The van der Waals surface area contributed by atoms with Crippen LogP contribution in [-0.4, -0.2) is 32.2 Å². The van der Waals surface area contributed by atoms with Crippen LogP contribution in [0, 0.1) is 0 Å². The van der Waals surface area contributed by atoms with Gasteiger partial charge < -0.3 is 39.2 Å². The number of para-hydroxylation sites is 2. The van der Waals surface area contributed by atoms with Gasteiger partial charge in [0.15, 0.2) is 0 Å². The van der Waals surface area contributed by atoms with E-state index < -0.39 is 0 Å². The number of fused-ring (bicyclic) bond motifs is 20. The van der Waals surface area contributed by atoms with Gasteiger partial charge in [0.2, 0.25) is 0 Å². The van der Waals surface area contributed by atoms with Crippen molar-refractivity contribution in [3.63, 3.8) is 0 Å². The molecule has 0 spiro atoms. The van der Waals surface area contributed by atoms with Gasteiger partial charge in [0.1, 0.15) is 11.5 Å². The highest BCUT2D eigenvalue weighted by Gasteiger charge is 2.42. The van der Waals surface area contributed by atoms with Crippen molar-refractivity contribution < 1.29 is 9.84 Å². The molecule has 4 aromatic rings. The van der Waals surface area contributed by atoms with Crippen molar-refractivity contribution >= 4 is 34.1 Å². The van der Waals surface area contributed by atoms with Crippen molar-refractivity contribution in [2.45, 2.75) is 39.3 Å². The Bertz CT molecular complexity index is 1840. The Kier molecular flexibility index (Phi) is 4.35. The molecule has 0 atom stereocenters. The molecular formula is C34H32N6O2. The number of aromatic hydroxyl groups is 1. The van der Waals surface area contributed by atoms with E-state index in [4.69, 9.17) is 4.74 Å². The summed E-state index contributed by atoms with van der Waals surface area (Å²) in [6, 6.07) is 21.8. The van der Waals surface area contributed by atoms with Crippen molar-refractivity contribution in [2.24, 2.45) is 0 Å². The van der Waals surface area contributed by atoms with Gasteiger partial charge in [-0.05, 0) is 46.5 Å². The maximum Gasteiger partial charge on any atom is 0.143 e. The van der Waals surface area contributed by atoms with E-state index in [0.717, 1.165) is 70.7 Å². The lowest BCUT2D eigenvalue weighted by Crippen LogP contribution is -2.51. The molecule has 210 valence electrons. The molecule has 0 saturated carbocycles. The van der Waals surface area contributed by atoms with Crippen molar-refractivity contribution in [2.75, 3.05) is 56.5 Å². The smallest absolute Gasteiger partial charge is 0.143 e. The minimum atomic E-state index is 0.398. The third kappa shape index (κ3) is 2.91. The maximum absolute atomic E-state index is 11.4. The number of phenols is 1. The topological polar surface area (TPSA) is 48.9 Å². The van der Waals surface area contributed by atoms with E-state index in [-0.39, 0.29) is 0 Å². The average Bonchev–Trinajstić information content (AvgIpc) is 3.00. The molecular weight excluding hydrogens is 524 g/mol. The molecule has 0 radical (unpaired) electrons. The van der Waals surface area contributed by atoms with Gasteiger partial charge in [0.05, 0.1) is 49.9 Å². The minimum absolute atomic E-state index is 0.398. The monoisotopic (exact) mass is 556 g/mol. The summed E-state index contributed by atoms with van der Waals surface area (Å²) in [4.78, 5) is 14.9. The Hall–Kier alpha value is -4.72. The van der Waals surface area contributed by atoms with Crippen molar-refractivity contribution in [3.8, 4) is 11.5 Å². The van der Waals surface area contributed by atoms with Crippen LogP contribution in [0.15, 0.2) is 60.7 Å². The molecule has 42 heavy (non-hydrogen) atoms. The molecule has 8 heteroatoms. The van der Waals surface area contributed by atoms with Crippen LogP contribution in [-0.2, 0) is 39.3 Å². The van der Waals surface area contributed by atoms with Crippen molar-refractivity contribution in [1.82, 2.24) is 0 Å². The fraction of sp³-hybridized carbons (Fsp3) is 0.294. The number of methoxy groups -OCH3 is 1. The highest BCUT2D eigenvalue weighted by atomic mass is 16.5. The summed E-state index contributed by atoms with van der Waals surface area (Å²) in [5.74, 6) is 1.35. The first kappa shape index (κ1) is 22.9. The van der Waals surface area contributed by atoms with Crippen LogP contribution < -0.4 is 34.1 Å². The molecule has 0 fully saturated rings. The lowest BCUT2D eigenvalue weighted by molar-refractivity contribution is 0.410. The van der Waals surface area contributed by atoms with Gasteiger partial charge >= 0.3 is 0 Å². The zero-order valence-corrected chi connectivity index (χ0v) is 23.7. The zero-order valence-electron chi connectivity index (χ0n) is 23.7. The number of hydrogen-bond acceptors (Lipinski definition) is 8. The van der Waals surface area contributed by atoms with Crippen LogP contribution in [0.25, 0.3) is 0 Å². The molecule has 1 N–H and O–H groups in total. The van der Waals surface area contributed by atoms with E-state index in [1.54, 1.807) is 7.11 Å². The van der Waals surface area contributed by atoms with Crippen molar-refractivity contribution in [3.05, 3.63) is 94.0 Å². The van der Waals surface area contributed by atoms with Gasteiger partial charge in [-0.3, -0.25) is 0 Å². The molecule has 0 aromatic heterocycles. The van der Waals surface area contributed by atoms with Crippen LogP contribution in [0.5, 0.6) is 11.5 Å². The van der Waals surface area contributed by atoms with Gasteiger partial charge in [0, 0.05) is 61.8 Å². The molecule has 6 heterocycles. The summed E-state index contributed by atoms with van der Waals surface area (Å²) >= 11 is 0. The Morgan fingerprint density at radius 3 is 1.71 bits per heavy atom. The van der Waals surface area contributed by atoms with Crippen LogP contribution in [0.2, 0.25) is 0 Å². The number of benzene rings is 4. The lowest BCUT2D eigenvalue weighted by Gasteiger charge is -2.52. The molecule has 4 aromatic carbocycles. The van der Waals surface area contributed by atoms with Crippen LogP contribution in [0.4, 0.5) is 34.1 Å². The molecule has 6 aliphatic heterocycles. The standard InChI is InChI=1S/C34H32N6O2/c1-42-30-11-24-14-35-18-37(12-21-6-2-4-8-27(21)35)32(24)26-17-40-20-39(34(26)30)15-23-10-29(41)33-25(31(23)40)16-36-19-38(33)13-22-7-3-5-9-28(22)36/h2-11,41H,12-20H2,1H3. The third-order valence-electron chi connectivity index (χ3n) is 10.2. The number of nitrogens with zero attached hydrogens (tertiary/aromatic N) is 6. The third-order valence-corrected chi connectivity index (χ3v) is 10.2.